The Kier molecular flexibility index (Phi) is 6.09. The number of methoxy groups -OCH3 is 5. The average Bonchev–Trinajstić information content (AvgIpc) is 2.95. The normalized spacial score (nSPS) is 15.1. The zero-order valence-corrected chi connectivity index (χ0v) is 17.0. The summed E-state index contributed by atoms with van der Waals surface area (Å²) >= 11 is 0. The Labute approximate surface area is 165 Å². The monoisotopic (exact) mass is 386 g/mol. The molecule has 0 saturated heterocycles. The molecule has 0 aliphatic heterocycles. The molecule has 28 heavy (non-hydrogen) atoms. The van der Waals surface area contributed by atoms with Crippen LogP contribution < -0.4 is 24.4 Å². The lowest BCUT2D eigenvalue weighted by atomic mass is 9.93. The number of ether oxygens (including phenoxy) is 5. The molecule has 1 aliphatic rings. The van der Waals surface area contributed by atoms with Crippen molar-refractivity contribution in [3.63, 3.8) is 0 Å². The van der Waals surface area contributed by atoms with Gasteiger partial charge in [-0.2, -0.15) is 0 Å². The molecule has 0 saturated carbocycles. The Morgan fingerprint density at radius 2 is 1.61 bits per heavy atom. The van der Waals surface area contributed by atoms with Gasteiger partial charge in [0, 0.05) is 18.6 Å². The van der Waals surface area contributed by atoms with E-state index >= 15 is 0 Å². The van der Waals surface area contributed by atoms with E-state index in [-0.39, 0.29) is 11.3 Å². The van der Waals surface area contributed by atoms with Crippen molar-refractivity contribution in [2.75, 3.05) is 42.2 Å². The number of aryl methyl sites for hydroxylation is 1. The summed E-state index contributed by atoms with van der Waals surface area (Å²) < 4.78 is 27.6. The SMILES string of the molecule is COCC1CCc2cc(OC)c(OC)c(OC)c2-c2ccc(OC)c(=O)cc21. The molecule has 3 rings (SSSR count). The Balaban J connectivity index is 2.41. The van der Waals surface area contributed by atoms with Crippen molar-refractivity contribution >= 4 is 0 Å². The van der Waals surface area contributed by atoms with Crippen molar-refractivity contribution in [2.45, 2.75) is 18.8 Å². The van der Waals surface area contributed by atoms with E-state index < -0.39 is 0 Å². The molecule has 2 aromatic carbocycles. The van der Waals surface area contributed by atoms with Crippen molar-refractivity contribution in [2.24, 2.45) is 0 Å². The van der Waals surface area contributed by atoms with Crippen LogP contribution in [0.4, 0.5) is 0 Å². The third kappa shape index (κ3) is 3.40. The van der Waals surface area contributed by atoms with Gasteiger partial charge in [-0.25, -0.2) is 0 Å². The van der Waals surface area contributed by atoms with E-state index in [4.69, 9.17) is 23.7 Å². The maximum Gasteiger partial charge on any atom is 0.220 e. The lowest BCUT2D eigenvalue weighted by Crippen LogP contribution is -2.09. The first-order chi connectivity index (χ1) is 13.6. The van der Waals surface area contributed by atoms with Crippen LogP contribution in [0.25, 0.3) is 11.1 Å². The van der Waals surface area contributed by atoms with Crippen LogP contribution in [0.15, 0.2) is 29.1 Å². The van der Waals surface area contributed by atoms with Crippen molar-refractivity contribution in [3.05, 3.63) is 45.6 Å². The second kappa shape index (κ2) is 8.52. The van der Waals surface area contributed by atoms with E-state index in [1.54, 1.807) is 40.6 Å². The van der Waals surface area contributed by atoms with Gasteiger partial charge in [-0.1, -0.05) is 6.07 Å². The number of hydrogen-bond acceptors (Lipinski definition) is 6. The fourth-order valence-corrected chi connectivity index (χ4v) is 3.92. The molecule has 0 spiro atoms. The van der Waals surface area contributed by atoms with E-state index in [2.05, 4.69) is 0 Å². The molecular formula is C22H26O6. The van der Waals surface area contributed by atoms with E-state index in [0.29, 0.717) is 29.6 Å². The first-order valence-electron chi connectivity index (χ1n) is 9.12. The maximum atomic E-state index is 12.6. The minimum Gasteiger partial charge on any atom is -0.493 e. The molecule has 2 aromatic rings. The lowest BCUT2D eigenvalue weighted by Gasteiger charge is -2.19. The van der Waals surface area contributed by atoms with Crippen LogP contribution >= 0.6 is 0 Å². The average molecular weight is 386 g/mol. The third-order valence-electron chi connectivity index (χ3n) is 5.21. The van der Waals surface area contributed by atoms with Gasteiger partial charge < -0.3 is 23.7 Å². The first kappa shape index (κ1) is 20.0. The molecule has 0 fully saturated rings. The van der Waals surface area contributed by atoms with E-state index in [1.807, 2.05) is 12.1 Å². The fourth-order valence-electron chi connectivity index (χ4n) is 3.92. The van der Waals surface area contributed by atoms with E-state index in [9.17, 15) is 4.79 Å². The van der Waals surface area contributed by atoms with Gasteiger partial charge in [0.25, 0.3) is 0 Å². The summed E-state index contributed by atoms with van der Waals surface area (Å²) in [7, 11) is 7.97. The minimum absolute atomic E-state index is 0.0684. The molecule has 1 unspecified atom stereocenters. The zero-order valence-electron chi connectivity index (χ0n) is 17.0. The summed E-state index contributed by atoms with van der Waals surface area (Å²) in [5.74, 6) is 2.10. The Hall–Kier alpha value is -2.73. The van der Waals surface area contributed by atoms with Gasteiger partial charge in [0.15, 0.2) is 17.2 Å². The van der Waals surface area contributed by atoms with Gasteiger partial charge in [-0.3, -0.25) is 4.79 Å². The Bertz CT molecular complexity index is 922. The van der Waals surface area contributed by atoms with E-state index in [0.717, 1.165) is 35.1 Å². The quantitative estimate of drug-likeness (QED) is 0.758. The van der Waals surface area contributed by atoms with Crippen LogP contribution in [-0.2, 0) is 11.2 Å². The molecule has 6 heteroatoms. The van der Waals surface area contributed by atoms with Crippen LogP contribution in [0.2, 0.25) is 0 Å². The standard InChI is InChI=1S/C22H26O6/c1-24-12-14-7-6-13-10-19(26-3)21(27-4)22(28-5)20(13)15-8-9-18(25-2)17(23)11-16(14)15/h8-11,14H,6-7,12H2,1-5H3. The fraction of sp³-hybridized carbons (Fsp3) is 0.409. The first-order valence-corrected chi connectivity index (χ1v) is 9.12. The van der Waals surface area contributed by atoms with Crippen molar-refractivity contribution in [1.82, 2.24) is 0 Å². The topological polar surface area (TPSA) is 63.2 Å². The number of rotatable bonds is 6. The molecule has 0 radical (unpaired) electrons. The van der Waals surface area contributed by atoms with Gasteiger partial charge in [-0.05, 0) is 47.7 Å². The van der Waals surface area contributed by atoms with Gasteiger partial charge in [0.05, 0.1) is 35.0 Å². The summed E-state index contributed by atoms with van der Waals surface area (Å²) in [5.41, 5.74) is 3.65. The van der Waals surface area contributed by atoms with Crippen molar-refractivity contribution < 1.29 is 23.7 Å². The zero-order chi connectivity index (χ0) is 20.3. The van der Waals surface area contributed by atoms with E-state index in [1.165, 1.54) is 7.11 Å². The van der Waals surface area contributed by atoms with Gasteiger partial charge >= 0.3 is 0 Å². The second-order valence-electron chi connectivity index (χ2n) is 6.65. The summed E-state index contributed by atoms with van der Waals surface area (Å²) in [6, 6.07) is 7.26. The molecule has 0 heterocycles. The summed E-state index contributed by atoms with van der Waals surface area (Å²) in [6.07, 6.45) is 1.63. The molecule has 0 amide bonds. The molecule has 150 valence electrons. The maximum absolute atomic E-state index is 12.6. The highest BCUT2D eigenvalue weighted by Crippen LogP contribution is 2.50. The Morgan fingerprint density at radius 3 is 2.21 bits per heavy atom. The molecule has 1 aliphatic carbocycles. The largest absolute Gasteiger partial charge is 0.493 e. The van der Waals surface area contributed by atoms with Gasteiger partial charge in [0.1, 0.15) is 0 Å². The van der Waals surface area contributed by atoms with Crippen molar-refractivity contribution in [3.8, 4) is 34.1 Å². The highest BCUT2D eigenvalue weighted by Gasteiger charge is 2.29. The Morgan fingerprint density at radius 1 is 0.893 bits per heavy atom. The summed E-state index contributed by atoms with van der Waals surface area (Å²) in [5, 5.41) is 0. The smallest absolute Gasteiger partial charge is 0.220 e. The minimum atomic E-state index is -0.159. The molecular weight excluding hydrogens is 360 g/mol. The highest BCUT2D eigenvalue weighted by molar-refractivity contribution is 5.82. The summed E-state index contributed by atoms with van der Waals surface area (Å²) in [6.45, 7) is 0.517. The third-order valence-corrected chi connectivity index (χ3v) is 5.21. The number of benzene rings is 1. The predicted octanol–water partition coefficient (Wildman–Crippen LogP) is 3.42. The van der Waals surface area contributed by atoms with Gasteiger partial charge in [0.2, 0.25) is 11.2 Å². The lowest BCUT2D eigenvalue weighted by molar-refractivity contribution is 0.176. The molecule has 0 N–H and O–H groups in total. The van der Waals surface area contributed by atoms with Crippen LogP contribution in [0, 0.1) is 0 Å². The molecule has 0 aromatic heterocycles. The molecule has 0 bridgehead atoms. The number of fused-ring (bicyclic) bond motifs is 3. The van der Waals surface area contributed by atoms with Crippen LogP contribution in [0.3, 0.4) is 0 Å². The summed E-state index contributed by atoms with van der Waals surface area (Å²) in [4.78, 5) is 12.6. The van der Waals surface area contributed by atoms with Crippen LogP contribution in [0.1, 0.15) is 23.5 Å². The highest BCUT2D eigenvalue weighted by atomic mass is 16.5. The second-order valence-corrected chi connectivity index (χ2v) is 6.65. The molecule has 1 atom stereocenters. The van der Waals surface area contributed by atoms with Crippen LogP contribution in [-0.4, -0.2) is 42.2 Å². The van der Waals surface area contributed by atoms with Crippen LogP contribution in [0.5, 0.6) is 23.0 Å². The van der Waals surface area contributed by atoms with Crippen molar-refractivity contribution in [1.29, 1.82) is 0 Å². The molecule has 6 nitrogen and oxygen atoms in total. The number of hydrogen-bond donors (Lipinski definition) is 0. The van der Waals surface area contributed by atoms with Gasteiger partial charge in [-0.15, -0.1) is 0 Å². The predicted molar refractivity (Wildman–Crippen MR) is 107 cm³/mol.